The van der Waals surface area contributed by atoms with Crippen molar-refractivity contribution in [2.75, 3.05) is 6.61 Å². The molecule has 0 aliphatic carbocycles. The van der Waals surface area contributed by atoms with Gasteiger partial charge in [0.05, 0.1) is 11.7 Å². The molecule has 0 fully saturated rings. The van der Waals surface area contributed by atoms with Crippen molar-refractivity contribution in [1.29, 1.82) is 0 Å². The largest absolute Gasteiger partial charge is 0.461 e. The van der Waals surface area contributed by atoms with Gasteiger partial charge in [-0.1, -0.05) is 13.0 Å². The van der Waals surface area contributed by atoms with Crippen molar-refractivity contribution in [2.24, 2.45) is 0 Å². The van der Waals surface area contributed by atoms with Gasteiger partial charge >= 0.3 is 11.9 Å². The van der Waals surface area contributed by atoms with Crippen LogP contribution in [0, 0.1) is 0 Å². The van der Waals surface area contributed by atoms with Crippen molar-refractivity contribution in [3.8, 4) is 0 Å². The van der Waals surface area contributed by atoms with Gasteiger partial charge in [-0.25, -0.2) is 4.79 Å². The van der Waals surface area contributed by atoms with Crippen molar-refractivity contribution in [3.05, 3.63) is 11.6 Å². The summed E-state index contributed by atoms with van der Waals surface area (Å²) in [6.07, 6.45) is 2.23. The van der Waals surface area contributed by atoms with Crippen LogP contribution in [0.3, 0.4) is 0 Å². The number of ether oxygens (including phenoxy) is 2. The molecule has 0 aliphatic rings. The smallest absolute Gasteiger partial charge is 0.337 e. The SMILES string of the molecule is CCC=C(COC(C)=O)C(=O)OC(C)C. The van der Waals surface area contributed by atoms with Gasteiger partial charge in [0.2, 0.25) is 0 Å². The molecule has 4 heteroatoms. The van der Waals surface area contributed by atoms with Crippen LogP contribution in [0.2, 0.25) is 0 Å². The zero-order valence-electron chi connectivity index (χ0n) is 9.70. The molecule has 0 rings (SSSR count). The predicted molar refractivity (Wildman–Crippen MR) is 56.2 cm³/mol. The van der Waals surface area contributed by atoms with Gasteiger partial charge < -0.3 is 9.47 Å². The maximum absolute atomic E-state index is 11.5. The topological polar surface area (TPSA) is 52.6 Å². The predicted octanol–water partition coefficient (Wildman–Crippen LogP) is 1.84. The van der Waals surface area contributed by atoms with Crippen LogP contribution in [-0.4, -0.2) is 24.6 Å². The number of allylic oxidation sites excluding steroid dienone is 1. The van der Waals surface area contributed by atoms with Crippen LogP contribution in [0.15, 0.2) is 11.6 Å². The van der Waals surface area contributed by atoms with E-state index in [-0.39, 0.29) is 12.7 Å². The summed E-state index contributed by atoms with van der Waals surface area (Å²) < 4.78 is 9.75. The van der Waals surface area contributed by atoms with Crippen molar-refractivity contribution < 1.29 is 19.1 Å². The molecule has 0 saturated carbocycles. The van der Waals surface area contributed by atoms with Gasteiger partial charge in [0.15, 0.2) is 0 Å². The third-order valence-corrected chi connectivity index (χ3v) is 1.49. The molecule has 0 unspecified atom stereocenters. The number of esters is 2. The van der Waals surface area contributed by atoms with Gasteiger partial charge in [0.1, 0.15) is 6.61 Å². The summed E-state index contributed by atoms with van der Waals surface area (Å²) in [6, 6.07) is 0. The zero-order chi connectivity index (χ0) is 11.8. The van der Waals surface area contributed by atoms with E-state index < -0.39 is 11.9 Å². The fraction of sp³-hybridized carbons (Fsp3) is 0.636. The Morgan fingerprint density at radius 1 is 1.33 bits per heavy atom. The second kappa shape index (κ2) is 7.04. The normalized spacial score (nSPS) is 11.4. The summed E-state index contributed by atoms with van der Waals surface area (Å²) in [7, 11) is 0. The van der Waals surface area contributed by atoms with Crippen molar-refractivity contribution >= 4 is 11.9 Å². The quantitative estimate of drug-likeness (QED) is 0.517. The first kappa shape index (κ1) is 13.7. The van der Waals surface area contributed by atoms with E-state index in [2.05, 4.69) is 0 Å². The molecule has 0 atom stereocenters. The van der Waals surface area contributed by atoms with Crippen LogP contribution < -0.4 is 0 Å². The lowest BCUT2D eigenvalue weighted by atomic mass is 10.2. The minimum atomic E-state index is -0.423. The molecular formula is C11H18O4. The minimum Gasteiger partial charge on any atom is -0.461 e. The van der Waals surface area contributed by atoms with Crippen LogP contribution in [0.5, 0.6) is 0 Å². The highest BCUT2D eigenvalue weighted by atomic mass is 16.6. The van der Waals surface area contributed by atoms with E-state index in [1.54, 1.807) is 19.9 Å². The lowest BCUT2D eigenvalue weighted by molar-refractivity contribution is -0.145. The molecule has 15 heavy (non-hydrogen) atoms. The van der Waals surface area contributed by atoms with E-state index in [1.165, 1.54) is 6.92 Å². The molecule has 0 aromatic heterocycles. The highest BCUT2D eigenvalue weighted by Gasteiger charge is 2.13. The van der Waals surface area contributed by atoms with Gasteiger partial charge in [0.25, 0.3) is 0 Å². The maximum atomic E-state index is 11.5. The minimum absolute atomic E-state index is 0.0191. The first-order chi connectivity index (χ1) is 6.97. The second-order valence-corrected chi connectivity index (χ2v) is 3.37. The molecule has 0 bridgehead atoms. The fourth-order valence-corrected chi connectivity index (χ4v) is 0.917. The molecule has 0 N–H and O–H groups in total. The first-order valence-corrected chi connectivity index (χ1v) is 5.00. The standard InChI is InChI=1S/C11H18O4/c1-5-6-10(7-14-9(4)12)11(13)15-8(2)3/h6,8H,5,7H2,1-4H3. The highest BCUT2D eigenvalue weighted by Crippen LogP contribution is 2.04. The average Bonchev–Trinajstić information content (AvgIpc) is 2.10. The third kappa shape index (κ3) is 6.71. The van der Waals surface area contributed by atoms with E-state index in [4.69, 9.17) is 9.47 Å². The number of carbonyl (C=O) groups is 2. The molecule has 0 aliphatic heterocycles. The molecule has 0 radical (unpaired) electrons. The van der Waals surface area contributed by atoms with Crippen molar-refractivity contribution in [3.63, 3.8) is 0 Å². The second-order valence-electron chi connectivity index (χ2n) is 3.37. The summed E-state index contributed by atoms with van der Waals surface area (Å²) in [4.78, 5) is 22.1. The monoisotopic (exact) mass is 214 g/mol. The Labute approximate surface area is 90.2 Å². The summed E-state index contributed by atoms with van der Waals surface area (Å²) in [5.74, 6) is -0.831. The van der Waals surface area contributed by atoms with Gasteiger partial charge in [0, 0.05) is 6.92 Å². The van der Waals surface area contributed by atoms with Crippen molar-refractivity contribution in [2.45, 2.75) is 40.2 Å². The Balaban J connectivity index is 4.33. The Morgan fingerprint density at radius 2 is 1.93 bits per heavy atom. The lowest BCUT2D eigenvalue weighted by Crippen LogP contribution is -2.17. The van der Waals surface area contributed by atoms with E-state index in [9.17, 15) is 9.59 Å². The van der Waals surface area contributed by atoms with Gasteiger partial charge in [-0.2, -0.15) is 0 Å². The molecular weight excluding hydrogens is 196 g/mol. The summed E-state index contributed by atoms with van der Waals surface area (Å²) in [6.45, 7) is 6.73. The third-order valence-electron chi connectivity index (χ3n) is 1.49. The van der Waals surface area contributed by atoms with Crippen LogP contribution >= 0.6 is 0 Å². The highest BCUT2D eigenvalue weighted by molar-refractivity contribution is 5.89. The van der Waals surface area contributed by atoms with E-state index in [0.717, 1.165) is 0 Å². The van der Waals surface area contributed by atoms with E-state index >= 15 is 0 Å². The Morgan fingerprint density at radius 3 is 2.33 bits per heavy atom. The van der Waals surface area contributed by atoms with Crippen LogP contribution in [0.4, 0.5) is 0 Å². The Bertz CT molecular complexity index is 253. The zero-order valence-corrected chi connectivity index (χ0v) is 9.70. The molecule has 4 nitrogen and oxygen atoms in total. The maximum Gasteiger partial charge on any atom is 0.337 e. The van der Waals surface area contributed by atoms with E-state index in [1.807, 2.05) is 6.92 Å². The molecule has 0 saturated heterocycles. The van der Waals surface area contributed by atoms with Crippen molar-refractivity contribution in [1.82, 2.24) is 0 Å². The number of hydrogen-bond acceptors (Lipinski definition) is 4. The molecule has 0 aromatic carbocycles. The molecule has 86 valence electrons. The Kier molecular flexibility index (Phi) is 6.42. The number of rotatable bonds is 5. The van der Waals surface area contributed by atoms with E-state index in [0.29, 0.717) is 12.0 Å². The van der Waals surface area contributed by atoms with Gasteiger partial charge in [-0.15, -0.1) is 0 Å². The van der Waals surface area contributed by atoms with Crippen LogP contribution in [0.25, 0.3) is 0 Å². The molecule has 0 aromatic rings. The number of hydrogen-bond donors (Lipinski definition) is 0. The summed E-state index contributed by atoms with van der Waals surface area (Å²) in [5.41, 5.74) is 0.390. The average molecular weight is 214 g/mol. The van der Waals surface area contributed by atoms with Gasteiger partial charge in [-0.3, -0.25) is 4.79 Å². The summed E-state index contributed by atoms with van der Waals surface area (Å²) in [5, 5.41) is 0. The van der Waals surface area contributed by atoms with Crippen LogP contribution in [-0.2, 0) is 19.1 Å². The van der Waals surface area contributed by atoms with Gasteiger partial charge in [-0.05, 0) is 20.3 Å². The first-order valence-electron chi connectivity index (χ1n) is 5.00. The lowest BCUT2D eigenvalue weighted by Gasteiger charge is -2.10. The summed E-state index contributed by atoms with van der Waals surface area (Å²) >= 11 is 0. The fourth-order valence-electron chi connectivity index (χ4n) is 0.917. The van der Waals surface area contributed by atoms with Crippen LogP contribution in [0.1, 0.15) is 34.1 Å². The molecule has 0 amide bonds. The number of carbonyl (C=O) groups excluding carboxylic acids is 2. The Hall–Kier alpha value is -1.32. The molecule has 0 spiro atoms. The molecule has 0 heterocycles.